The minimum atomic E-state index is -1.83. The summed E-state index contributed by atoms with van der Waals surface area (Å²) in [6.45, 7) is 4.24. The van der Waals surface area contributed by atoms with Gasteiger partial charge in [0.05, 0.1) is 23.8 Å². The number of aryl methyl sites for hydroxylation is 1. The van der Waals surface area contributed by atoms with Crippen molar-refractivity contribution in [2.75, 3.05) is 5.32 Å². The van der Waals surface area contributed by atoms with E-state index in [1.54, 1.807) is 11.6 Å². The molecule has 2 aromatic heterocycles. The van der Waals surface area contributed by atoms with E-state index in [2.05, 4.69) is 15.4 Å². The predicted octanol–water partition coefficient (Wildman–Crippen LogP) is 5.88. The Morgan fingerprint density at radius 3 is 2.55 bits per heavy atom. The third-order valence-electron chi connectivity index (χ3n) is 6.85. The zero-order valence-electron chi connectivity index (χ0n) is 20.9. The van der Waals surface area contributed by atoms with Gasteiger partial charge in [-0.1, -0.05) is 36.7 Å². The second-order valence-corrected chi connectivity index (χ2v) is 9.71. The minimum Gasteiger partial charge on any atom is -0.381 e. The van der Waals surface area contributed by atoms with Crippen LogP contribution in [-0.4, -0.2) is 29.7 Å². The van der Waals surface area contributed by atoms with E-state index in [0.29, 0.717) is 18.0 Å². The summed E-state index contributed by atoms with van der Waals surface area (Å²) in [5, 5.41) is 26.0. The van der Waals surface area contributed by atoms with Crippen LogP contribution in [-0.2, 0) is 25.1 Å². The zero-order valence-corrected chi connectivity index (χ0v) is 21.7. The lowest BCUT2D eigenvalue weighted by Crippen LogP contribution is -2.41. The molecule has 5 rings (SSSR count). The predicted molar refractivity (Wildman–Crippen MR) is 143 cm³/mol. The molecule has 0 saturated heterocycles. The second-order valence-electron chi connectivity index (χ2n) is 9.27. The topological polar surface area (TPSA) is 80.8 Å². The highest BCUT2D eigenvalue weighted by atomic mass is 35.5. The van der Waals surface area contributed by atoms with Crippen LogP contribution >= 0.6 is 11.6 Å². The van der Waals surface area contributed by atoms with Gasteiger partial charge in [-0.15, -0.1) is 0 Å². The highest BCUT2D eigenvalue weighted by Gasteiger charge is 2.41. The van der Waals surface area contributed by atoms with E-state index in [1.807, 2.05) is 49.4 Å². The molecule has 0 fully saturated rings. The Morgan fingerprint density at radius 2 is 1.87 bits per heavy atom. The first kappa shape index (κ1) is 25.8. The molecule has 0 saturated carbocycles. The van der Waals surface area contributed by atoms with Crippen LogP contribution in [0, 0.1) is 11.6 Å². The first-order valence-corrected chi connectivity index (χ1v) is 12.7. The molecule has 5 aromatic rings. The van der Waals surface area contributed by atoms with Gasteiger partial charge in [-0.3, -0.25) is 4.68 Å². The monoisotopic (exact) mass is 536 g/mol. The van der Waals surface area contributed by atoms with E-state index in [9.17, 15) is 9.50 Å². The van der Waals surface area contributed by atoms with Crippen LogP contribution in [0.1, 0.15) is 36.7 Å². The van der Waals surface area contributed by atoms with Crippen LogP contribution in [0.4, 0.5) is 14.5 Å². The highest BCUT2D eigenvalue weighted by molar-refractivity contribution is 6.30. The van der Waals surface area contributed by atoms with E-state index >= 15 is 4.39 Å². The number of rotatable bonds is 9. The number of hydrogen-bond acceptors (Lipinski definition) is 5. The van der Waals surface area contributed by atoms with Crippen LogP contribution in [0.5, 0.6) is 0 Å². The summed E-state index contributed by atoms with van der Waals surface area (Å²) < 4.78 is 32.0. The third kappa shape index (κ3) is 4.99. The molecule has 0 aliphatic carbocycles. The number of benzene rings is 3. The van der Waals surface area contributed by atoms with Crippen molar-refractivity contribution in [3.63, 3.8) is 0 Å². The Labute approximate surface area is 223 Å². The molecule has 2 heterocycles. The van der Waals surface area contributed by atoms with Crippen LogP contribution in [0.2, 0.25) is 5.02 Å². The maximum absolute atomic E-state index is 15.1. The fourth-order valence-corrected chi connectivity index (χ4v) is 4.85. The molecule has 38 heavy (non-hydrogen) atoms. The summed E-state index contributed by atoms with van der Waals surface area (Å²) in [6.07, 6.45) is 3.44. The Balaban J connectivity index is 1.56. The number of fused-ring (bicyclic) bond motifs is 1. The standard InChI is InChI=1S/C28H27ClF2N6O/c1-3-26-23-10-9-22(33-14-19-4-6-20(29)7-5-19)13-27(23)37(35-26)18(2)28(38,15-36-17-32-16-34-36)24-11-8-21(30)12-25(24)31/h4-13,16-18,33,38H,3,14-15H2,1-2H3/t18-,28-/m1/s1. The first-order valence-electron chi connectivity index (χ1n) is 12.3. The first-order chi connectivity index (χ1) is 18.3. The lowest BCUT2D eigenvalue weighted by Gasteiger charge is -2.35. The average Bonchev–Trinajstić information content (AvgIpc) is 3.55. The van der Waals surface area contributed by atoms with Crippen molar-refractivity contribution in [1.29, 1.82) is 0 Å². The third-order valence-corrected chi connectivity index (χ3v) is 7.11. The molecule has 0 radical (unpaired) electrons. The van der Waals surface area contributed by atoms with Gasteiger partial charge in [-0.25, -0.2) is 18.4 Å². The maximum atomic E-state index is 15.1. The van der Waals surface area contributed by atoms with E-state index in [-0.39, 0.29) is 12.1 Å². The van der Waals surface area contributed by atoms with Crippen LogP contribution in [0.25, 0.3) is 10.9 Å². The zero-order chi connectivity index (χ0) is 26.9. The molecule has 196 valence electrons. The minimum absolute atomic E-state index is 0.0550. The quantitative estimate of drug-likeness (QED) is 0.246. The van der Waals surface area contributed by atoms with Crippen molar-refractivity contribution < 1.29 is 13.9 Å². The number of nitrogens with one attached hydrogen (secondary N) is 1. The van der Waals surface area contributed by atoms with E-state index in [1.165, 1.54) is 23.4 Å². The molecule has 0 bridgehead atoms. The number of halogens is 3. The molecule has 10 heteroatoms. The number of anilines is 1. The van der Waals surface area contributed by atoms with Crippen molar-refractivity contribution in [2.24, 2.45) is 0 Å². The number of hydrogen-bond donors (Lipinski definition) is 2. The largest absolute Gasteiger partial charge is 0.381 e. The van der Waals surface area contributed by atoms with Crippen molar-refractivity contribution in [3.8, 4) is 0 Å². The van der Waals surface area contributed by atoms with E-state index in [0.717, 1.165) is 40.0 Å². The molecule has 0 spiro atoms. The summed E-state index contributed by atoms with van der Waals surface area (Å²) in [6, 6.07) is 15.9. The van der Waals surface area contributed by atoms with Gasteiger partial charge < -0.3 is 10.4 Å². The second kappa shape index (κ2) is 10.5. The number of aliphatic hydroxyl groups is 1. The molecule has 3 aromatic carbocycles. The summed E-state index contributed by atoms with van der Waals surface area (Å²) in [5.74, 6) is -1.58. The van der Waals surface area contributed by atoms with Crippen molar-refractivity contribution >= 4 is 28.2 Å². The molecule has 2 atom stereocenters. The summed E-state index contributed by atoms with van der Waals surface area (Å²) >= 11 is 6.00. The molecule has 7 nitrogen and oxygen atoms in total. The lowest BCUT2D eigenvalue weighted by atomic mass is 9.86. The molecule has 0 amide bonds. The average molecular weight is 537 g/mol. The maximum Gasteiger partial charge on any atom is 0.137 e. The Hall–Kier alpha value is -3.82. The number of nitrogens with zero attached hydrogens (tertiary/aromatic N) is 5. The van der Waals surface area contributed by atoms with Crippen LogP contribution < -0.4 is 5.32 Å². The number of aromatic nitrogens is 5. The summed E-state index contributed by atoms with van der Waals surface area (Å²) in [7, 11) is 0. The Morgan fingerprint density at radius 1 is 1.08 bits per heavy atom. The van der Waals surface area contributed by atoms with Gasteiger partial charge in [0.1, 0.15) is 29.9 Å². The van der Waals surface area contributed by atoms with Gasteiger partial charge in [0, 0.05) is 34.3 Å². The molecule has 2 N–H and O–H groups in total. The van der Waals surface area contributed by atoms with Crippen molar-refractivity contribution in [2.45, 2.75) is 45.0 Å². The highest BCUT2D eigenvalue weighted by Crippen LogP contribution is 2.39. The smallest absolute Gasteiger partial charge is 0.137 e. The van der Waals surface area contributed by atoms with Gasteiger partial charge in [-0.2, -0.15) is 10.2 Å². The van der Waals surface area contributed by atoms with Gasteiger partial charge in [-0.05, 0) is 55.3 Å². The van der Waals surface area contributed by atoms with Gasteiger partial charge in [0.2, 0.25) is 0 Å². The fourth-order valence-electron chi connectivity index (χ4n) is 4.72. The lowest BCUT2D eigenvalue weighted by molar-refractivity contribution is -0.0355. The molecule has 0 aliphatic rings. The van der Waals surface area contributed by atoms with Crippen molar-refractivity contribution in [1.82, 2.24) is 24.5 Å². The van der Waals surface area contributed by atoms with E-state index in [4.69, 9.17) is 16.7 Å². The molecular weight excluding hydrogens is 510 g/mol. The van der Waals surface area contributed by atoms with Gasteiger partial charge in [0.25, 0.3) is 0 Å². The van der Waals surface area contributed by atoms with Crippen LogP contribution in [0.15, 0.2) is 73.3 Å². The molecular formula is C28H27ClF2N6O. The van der Waals surface area contributed by atoms with Gasteiger partial charge in [0.15, 0.2) is 0 Å². The summed E-state index contributed by atoms with van der Waals surface area (Å²) in [4.78, 5) is 3.95. The Kier molecular flexibility index (Phi) is 7.14. The molecule has 0 aliphatic heterocycles. The summed E-state index contributed by atoms with van der Waals surface area (Å²) in [5.41, 5.74) is 1.66. The molecule has 0 unspecified atom stereocenters. The van der Waals surface area contributed by atoms with Crippen molar-refractivity contribution in [3.05, 3.63) is 107 Å². The Bertz CT molecular complexity index is 1550. The normalized spacial score (nSPS) is 13.9. The van der Waals surface area contributed by atoms with E-state index < -0.39 is 23.3 Å². The van der Waals surface area contributed by atoms with Crippen LogP contribution in [0.3, 0.4) is 0 Å². The van der Waals surface area contributed by atoms with Gasteiger partial charge >= 0.3 is 0 Å². The SMILES string of the molecule is CCc1nn([C@H](C)[C@](O)(Cn2cncn2)c2ccc(F)cc2F)c2cc(NCc3ccc(Cl)cc3)ccc12. The fraction of sp³-hybridized carbons (Fsp3) is 0.250.